The zero-order valence-electron chi connectivity index (χ0n) is 10.5. The van der Waals surface area contributed by atoms with Gasteiger partial charge in [-0.15, -0.1) is 0 Å². The summed E-state index contributed by atoms with van der Waals surface area (Å²) in [4.78, 5) is 0. The van der Waals surface area contributed by atoms with Crippen molar-refractivity contribution in [2.24, 2.45) is 5.92 Å². The minimum absolute atomic E-state index is 0.865. The second-order valence-corrected chi connectivity index (χ2v) is 3.49. The van der Waals surface area contributed by atoms with Gasteiger partial charge in [-0.3, -0.25) is 0 Å². The van der Waals surface area contributed by atoms with Crippen LogP contribution < -0.4 is 0 Å². The van der Waals surface area contributed by atoms with E-state index in [1.54, 1.807) is 5.57 Å². The molecule has 0 aromatic heterocycles. The van der Waals surface area contributed by atoms with Crippen LogP contribution in [0.4, 0.5) is 0 Å². The van der Waals surface area contributed by atoms with Gasteiger partial charge in [0.1, 0.15) is 0 Å². The van der Waals surface area contributed by atoms with Crippen molar-refractivity contribution in [3.63, 3.8) is 0 Å². The molecule has 0 N–H and O–H groups in total. The van der Waals surface area contributed by atoms with E-state index < -0.39 is 0 Å². The van der Waals surface area contributed by atoms with Gasteiger partial charge in [-0.05, 0) is 32.1 Å². The third-order valence-electron chi connectivity index (χ3n) is 2.08. The molecule has 0 bridgehead atoms. The molecule has 0 saturated heterocycles. The van der Waals surface area contributed by atoms with Crippen LogP contribution in [0.1, 0.15) is 67.2 Å². The zero-order chi connectivity index (χ0) is 10.7. The van der Waals surface area contributed by atoms with Crippen molar-refractivity contribution in [2.75, 3.05) is 0 Å². The minimum Gasteiger partial charge on any atom is -0.0853 e. The monoisotopic (exact) mass is 184 g/mol. The van der Waals surface area contributed by atoms with E-state index in [-0.39, 0.29) is 0 Å². The minimum atomic E-state index is 0.865. The van der Waals surface area contributed by atoms with Crippen LogP contribution in [0.25, 0.3) is 0 Å². The Hall–Kier alpha value is -0.260. The van der Waals surface area contributed by atoms with E-state index in [1.165, 1.54) is 25.7 Å². The average Bonchev–Trinajstić information content (AvgIpc) is 2.15. The highest BCUT2D eigenvalue weighted by Gasteiger charge is 2.06. The fourth-order valence-corrected chi connectivity index (χ4v) is 1.18. The lowest BCUT2D eigenvalue weighted by Gasteiger charge is -2.15. The highest BCUT2D eigenvalue weighted by atomic mass is 14.1. The molecule has 0 radical (unpaired) electrons. The molecule has 0 aliphatic heterocycles. The van der Waals surface area contributed by atoms with E-state index in [9.17, 15) is 0 Å². The maximum atomic E-state index is 2.37. The molecule has 0 nitrogen and oxygen atoms in total. The Bertz CT molecular complexity index is 111. The summed E-state index contributed by atoms with van der Waals surface area (Å²) in [5.41, 5.74) is 1.59. The molecule has 1 rings (SSSR count). The number of rotatable bonds is 0. The molecule has 80 valence electrons. The van der Waals surface area contributed by atoms with Gasteiger partial charge in [0.05, 0.1) is 0 Å². The molecule has 0 aromatic rings. The molecule has 1 aliphatic carbocycles. The van der Waals surface area contributed by atoms with Gasteiger partial charge in [0.25, 0.3) is 0 Å². The Balaban J connectivity index is 0. The fourth-order valence-electron chi connectivity index (χ4n) is 1.18. The van der Waals surface area contributed by atoms with Crippen molar-refractivity contribution in [3.05, 3.63) is 11.6 Å². The number of hydrogen-bond donors (Lipinski definition) is 0. The number of hydrogen-bond acceptors (Lipinski definition) is 0. The van der Waals surface area contributed by atoms with Crippen molar-refractivity contribution in [3.8, 4) is 0 Å². The lowest BCUT2D eigenvalue weighted by Crippen LogP contribution is -2.00. The summed E-state index contributed by atoms with van der Waals surface area (Å²) in [6, 6.07) is 0. The summed E-state index contributed by atoms with van der Waals surface area (Å²) >= 11 is 0. The highest BCUT2D eigenvalue weighted by molar-refractivity contribution is 5.04. The molecule has 0 amide bonds. The molecular weight excluding hydrogens is 156 g/mol. The Kier molecular flexibility index (Phi) is 13.7. The molecule has 1 unspecified atom stereocenters. The third kappa shape index (κ3) is 9.66. The van der Waals surface area contributed by atoms with Gasteiger partial charge in [-0.1, -0.05) is 52.7 Å². The maximum absolute atomic E-state index is 2.37. The lowest BCUT2D eigenvalue weighted by molar-refractivity contribution is 0.552. The molecule has 0 heterocycles. The lowest BCUT2D eigenvalue weighted by atomic mass is 9.91. The van der Waals surface area contributed by atoms with Crippen LogP contribution in [0, 0.1) is 5.92 Å². The largest absolute Gasteiger partial charge is 0.0853 e. The van der Waals surface area contributed by atoms with Gasteiger partial charge < -0.3 is 0 Å². The normalized spacial score (nSPS) is 20.2. The molecular formula is C13H28. The summed E-state index contributed by atoms with van der Waals surface area (Å²) in [7, 11) is 0. The van der Waals surface area contributed by atoms with Crippen LogP contribution in [-0.2, 0) is 0 Å². The standard InChI is InChI=1S/C8H14.C3H8.C2H6/c1-7-5-3-4-6-8(7)2;1-3-2;1-2/h5,8H,3-4,6H2,1-2H3;3H2,1-2H3;1-2H3. The zero-order valence-corrected chi connectivity index (χ0v) is 10.5. The molecule has 0 aromatic carbocycles. The molecule has 0 saturated carbocycles. The summed E-state index contributed by atoms with van der Waals surface area (Å²) in [5.74, 6) is 0.865. The molecule has 0 heteroatoms. The molecule has 0 fully saturated rings. The van der Waals surface area contributed by atoms with Crippen LogP contribution in [0.5, 0.6) is 0 Å². The first kappa shape index (κ1) is 15.2. The first-order valence-corrected chi connectivity index (χ1v) is 5.89. The smallest absolute Gasteiger partial charge is 0.0234 e. The molecule has 1 aliphatic rings. The summed E-state index contributed by atoms with van der Waals surface area (Å²) < 4.78 is 0. The Morgan fingerprint density at radius 3 is 2.00 bits per heavy atom. The van der Waals surface area contributed by atoms with Gasteiger partial charge in [0.2, 0.25) is 0 Å². The number of allylic oxidation sites excluding steroid dienone is 2. The van der Waals surface area contributed by atoms with Gasteiger partial charge in [-0.2, -0.15) is 0 Å². The molecule has 0 spiro atoms. The Labute approximate surface area is 85.4 Å². The van der Waals surface area contributed by atoms with Gasteiger partial charge in [0.15, 0.2) is 0 Å². The topological polar surface area (TPSA) is 0 Å². The molecule has 1 atom stereocenters. The van der Waals surface area contributed by atoms with Crippen LogP contribution in [0.15, 0.2) is 11.6 Å². The summed E-state index contributed by atoms with van der Waals surface area (Å²) in [6.45, 7) is 12.8. The van der Waals surface area contributed by atoms with Gasteiger partial charge in [-0.25, -0.2) is 0 Å². The Morgan fingerprint density at radius 1 is 1.31 bits per heavy atom. The van der Waals surface area contributed by atoms with Crippen molar-refractivity contribution in [1.82, 2.24) is 0 Å². The first-order chi connectivity index (χ1) is 6.22. The van der Waals surface area contributed by atoms with Crippen molar-refractivity contribution in [2.45, 2.75) is 67.2 Å². The SMILES string of the molecule is CC.CC1=CCCCC1C.CCC. The summed E-state index contributed by atoms with van der Waals surface area (Å²) in [5, 5.41) is 0. The van der Waals surface area contributed by atoms with E-state index in [4.69, 9.17) is 0 Å². The summed E-state index contributed by atoms with van der Waals surface area (Å²) in [6.07, 6.45) is 7.74. The fraction of sp³-hybridized carbons (Fsp3) is 0.846. The predicted molar refractivity (Wildman–Crippen MR) is 64.1 cm³/mol. The van der Waals surface area contributed by atoms with E-state index in [0.717, 1.165) is 5.92 Å². The van der Waals surface area contributed by atoms with E-state index in [0.29, 0.717) is 0 Å². The van der Waals surface area contributed by atoms with Crippen molar-refractivity contribution >= 4 is 0 Å². The van der Waals surface area contributed by atoms with E-state index >= 15 is 0 Å². The van der Waals surface area contributed by atoms with E-state index in [1.807, 2.05) is 13.8 Å². The predicted octanol–water partition coefficient (Wildman–Crippen LogP) is 5.20. The molecule has 13 heavy (non-hydrogen) atoms. The maximum Gasteiger partial charge on any atom is -0.0234 e. The van der Waals surface area contributed by atoms with Crippen molar-refractivity contribution in [1.29, 1.82) is 0 Å². The van der Waals surface area contributed by atoms with Crippen molar-refractivity contribution < 1.29 is 0 Å². The van der Waals surface area contributed by atoms with Crippen LogP contribution in [0.3, 0.4) is 0 Å². The third-order valence-corrected chi connectivity index (χ3v) is 2.08. The van der Waals surface area contributed by atoms with Gasteiger partial charge >= 0.3 is 0 Å². The van der Waals surface area contributed by atoms with Crippen LogP contribution in [-0.4, -0.2) is 0 Å². The quantitative estimate of drug-likeness (QED) is 0.454. The highest BCUT2D eigenvalue weighted by Crippen LogP contribution is 2.22. The average molecular weight is 184 g/mol. The second kappa shape index (κ2) is 11.7. The van der Waals surface area contributed by atoms with Crippen LogP contribution >= 0.6 is 0 Å². The van der Waals surface area contributed by atoms with Gasteiger partial charge in [0, 0.05) is 0 Å². The first-order valence-electron chi connectivity index (χ1n) is 5.89. The van der Waals surface area contributed by atoms with E-state index in [2.05, 4.69) is 33.8 Å². The Morgan fingerprint density at radius 2 is 1.77 bits per heavy atom. The van der Waals surface area contributed by atoms with Crippen LogP contribution in [0.2, 0.25) is 0 Å². The second-order valence-electron chi connectivity index (χ2n) is 3.49.